The first-order chi connectivity index (χ1) is 25.5. The lowest BCUT2D eigenvalue weighted by Gasteiger charge is -2.14. The number of carbonyl (C=O) groups excluding carboxylic acids is 2. The predicted octanol–water partition coefficient (Wildman–Crippen LogP) is 8.50. The number of carbonyl (C=O) groups is 2. The molecule has 53 heavy (non-hydrogen) atoms. The van der Waals surface area contributed by atoms with Gasteiger partial charge in [0.05, 0.1) is 23.6 Å². The number of amides is 1. The number of sulfone groups is 1. The summed E-state index contributed by atoms with van der Waals surface area (Å²) in [5.74, 6) is -1.30. The molecule has 0 aliphatic carbocycles. The molecule has 0 fully saturated rings. The fourth-order valence-corrected chi connectivity index (χ4v) is 7.98. The zero-order valence-electron chi connectivity index (χ0n) is 29.6. The summed E-state index contributed by atoms with van der Waals surface area (Å²) >= 11 is 12.8. The molecule has 0 bridgehead atoms. The molecule has 0 atom stereocenters. The van der Waals surface area contributed by atoms with Gasteiger partial charge in [-0.2, -0.15) is 0 Å². The van der Waals surface area contributed by atoms with Crippen molar-refractivity contribution in [2.75, 3.05) is 24.7 Å². The van der Waals surface area contributed by atoms with Gasteiger partial charge in [0.15, 0.2) is 15.6 Å². The Balaban J connectivity index is 1.20. The Hall–Kier alpha value is -4.83. The van der Waals surface area contributed by atoms with Crippen LogP contribution in [0.4, 0.5) is 0 Å². The molecular weight excluding hydrogens is 729 g/mol. The molecule has 0 saturated carbocycles. The van der Waals surface area contributed by atoms with Crippen molar-refractivity contribution in [3.8, 4) is 5.75 Å². The van der Waals surface area contributed by atoms with Gasteiger partial charge in [-0.15, -0.1) is 0 Å². The van der Waals surface area contributed by atoms with E-state index >= 15 is 0 Å². The number of Topliss-reactive ketones (excluding diaryl/α,β-unsaturated/α-hetero) is 1. The highest BCUT2D eigenvalue weighted by atomic mass is 35.5. The van der Waals surface area contributed by atoms with Crippen LogP contribution in [0.2, 0.25) is 10.0 Å². The smallest absolute Gasteiger partial charge is 0.267 e. The van der Waals surface area contributed by atoms with Crippen molar-refractivity contribution in [3.05, 3.63) is 159 Å². The Morgan fingerprint density at radius 1 is 0.811 bits per heavy atom. The second-order valence-electron chi connectivity index (χ2n) is 13.2. The Morgan fingerprint density at radius 2 is 1.47 bits per heavy atom. The zero-order valence-corrected chi connectivity index (χ0v) is 32.0. The van der Waals surface area contributed by atoms with Crippen LogP contribution in [-0.4, -0.2) is 53.9 Å². The van der Waals surface area contributed by atoms with E-state index in [1.54, 1.807) is 18.2 Å². The molecule has 0 saturated heterocycles. The van der Waals surface area contributed by atoms with Crippen molar-refractivity contribution in [1.29, 1.82) is 0 Å². The molecule has 2 heterocycles. The highest BCUT2D eigenvalue weighted by Crippen LogP contribution is 2.32. The van der Waals surface area contributed by atoms with Crippen LogP contribution >= 0.6 is 23.2 Å². The Kier molecular flexibility index (Phi) is 12.1. The molecule has 2 aromatic heterocycles. The topological polar surface area (TPSA) is 99.4 Å². The third-order valence-corrected chi connectivity index (χ3v) is 11.5. The van der Waals surface area contributed by atoms with E-state index in [-0.39, 0.29) is 12.5 Å². The summed E-state index contributed by atoms with van der Waals surface area (Å²) in [4.78, 5) is 27.3. The molecule has 4 aromatic carbocycles. The summed E-state index contributed by atoms with van der Waals surface area (Å²) in [5.41, 5.74) is 6.06. The molecule has 8 nitrogen and oxygen atoms in total. The average molecular weight is 771 g/mol. The third-order valence-electron chi connectivity index (χ3n) is 9.14. The number of benzene rings is 4. The number of hydrogen-bond donors (Lipinski definition) is 1. The Labute approximate surface area is 320 Å². The average Bonchev–Trinajstić information content (AvgIpc) is 3.71. The fraction of sp³-hybridized carbons (Fsp3) is 0.238. The van der Waals surface area contributed by atoms with E-state index in [1.807, 2.05) is 114 Å². The quantitative estimate of drug-likeness (QED) is 0.0787. The van der Waals surface area contributed by atoms with Gasteiger partial charge in [-0.3, -0.25) is 9.59 Å². The summed E-state index contributed by atoms with van der Waals surface area (Å²) in [5, 5.41) is 4.77. The maximum absolute atomic E-state index is 14.2. The van der Waals surface area contributed by atoms with Gasteiger partial charge in [0.1, 0.15) is 17.2 Å². The number of fused-ring (bicyclic) bond motifs is 1. The van der Waals surface area contributed by atoms with Crippen LogP contribution in [0.1, 0.15) is 55.2 Å². The molecule has 6 rings (SSSR count). The number of halogens is 2. The van der Waals surface area contributed by atoms with E-state index in [0.29, 0.717) is 59.7 Å². The van der Waals surface area contributed by atoms with Gasteiger partial charge >= 0.3 is 0 Å². The third kappa shape index (κ3) is 9.40. The summed E-state index contributed by atoms with van der Waals surface area (Å²) in [7, 11) is -3.92. The Morgan fingerprint density at radius 3 is 2.15 bits per heavy atom. The molecule has 0 spiro atoms. The van der Waals surface area contributed by atoms with Crippen LogP contribution < -0.4 is 10.1 Å². The van der Waals surface area contributed by atoms with Crippen molar-refractivity contribution >= 4 is 55.6 Å². The van der Waals surface area contributed by atoms with Gasteiger partial charge in [-0.05, 0) is 90.9 Å². The SMILES string of the molecule is Cc1cc(OCCCc2c(C(=O)CS(=O)(=O)CCNC(=O)c3cccn3Cc3ccccc3)n(Cc3ccccc3)c3cc(Cl)ccc23)cc(C)c1Cl. The van der Waals surface area contributed by atoms with Gasteiger partial charge in [0, 0.05) is 41.3 Å². The first kappa shape index (κ1) is 37.9. The van der Waals surface area contributed by atoms with Crippen molar-refractivity contribution in [3.63, 3.8) is 0 Å². The minimum Gasteiger partial charge on any atom is -0.494 e. The van der Waals surface area contributed by atoms with Crippen molar-refractivity contribution in [2.45, 2.75) is 39.8 Å². The van der Waals surface area contributed by atoms with Gasteiger partial charge in [0.25, 0.3) is 5.91 Å². The largest absolute Gasteiger partial charge is 0.494 e. The van der Waals surface area contributed by atoms with Crippen LogP contribution in [0.3, 0.4) is 0 Å². The normalized spacial score (nSPS) is 11.5. The van der Waals surface area contributed by atoms with Crippen molar-refractivity contribution in [1.82, 2.24) is 14.5 Å². The first-order valence-corrected chi connectivity index (χ1v) is 20.0. The zero-order chi connectivity index (χ0) is 37.5. The number of nitrogens with zero attached hydrogens (tertiary/aromatic N) is 2. The van der Waals surface area contributed by atoms with Crippen molar-refractivity contribution < 1.29 is 22.7 Å². The lowest BCUT2D eigenvalue weighted by molar-refractivity contribution is 0.0946. The number of rotatable bonds is 16. The van der Waals surface area contributed by atoms with E-state index in [9.17, 15) is 18.0 Å². The minimum atomic E-state index is -3.92. The highest BCUT2D eigenvalue weighted by Gasteiger charge is 2.27. The van der Waals surface area contributed by atoms with Crippen molar-refractivity contribution in [2.24, 2.45) is 0 Å². The molecule has 11 heteroatoms. The lowest BCUT2D eigenvalue weighted by Crippen LogP contribution is -2.32. The van der Waals surface area contributed by atoms with Crippen LogP contribution in [-0.2, 0) is 29.3 Å². The molecule has 274 valence electrons. The second-order valence-corrected chi connectivity index (χ2v) is 16.2. The number of aromatic nitrogens is 2. The number of nitrogens with one attached hydrogen (secondary N) is 1. The van der Waals surface area contributed by atoms with Crippen LogP contribution in [0.25, 0.3) is 10.9 Å². The maximum atomic E-state index is 14.2. The molecule has 0 aliphatic heterocycles. The first-order valence-electron chi connectivity index (χ1n) is 17.4. The van der Waals surface area contributed by atoms with Crippen LogP contribution in [0.5, 0.6) is 5.75 Å². The van der Waals surface area contributed by atoms with E-state index in [4.69, 9.17) is 27.9 Å². The summed E-state index contributed by atoms with van der Waals surface area (Å²) in [6.45, 7) is 4.94. The predicted molar refractivity (Wildman–Crippen MR) is 213 cm³/mol. The standard InChI is InChI=1S/C42H41Cl2N3O5S/c1-29-23-34(24-30(2)40(29)44)52-21-10-15-36-35-18-17-33(43)25-38(35)47(27-32-13-7-4-8-14-32)41(36)39(48)28-53(50,51)22-19-45-42(49)37-16-9-20-46(37)26-31-11-5-3-6-12-31/h3-9,11-14,16-18,20,23-25H,10,15,19,21-22,26-28H2,1-2H3,(H,45,49). The summed E-state index contributed by atoms with van der Waals surface area (Å²) in [6.07, 6.45) is 2.84. The second kappa shape index (κ2) is 16.9. The Bertz CT molecular complexity index is 2330. The summed E-state index contributed by atoms with van der Waals surface area (Å²) < 4.78 is 36.8. The molecule has 1 amide bonds. The molecule has 6 aromatic rings. The number of aryl methyl sites for hydroxylation is 3. The molecular formula is C42H41Cl2N3O5S. The van der Waals surface area contributed by atoms with Crippen LogP contribution in [0, 0.1) is 13.8 Å². The highest BCUT2D eigenvalue weighted by molar-refractivity contribution is 7.92. The van der Waals surface area contributed by atoms with Gasteiger partial charge in [-0.1, -0.05) is 89.9 Å². The number of ketones is 1. The molecule has 0 aliphatic rings. The lowest BCUT2D eigenvalue weighted by atomic mass is 10.0. The van der Waals surface area contributed by atoms with Crippen LogP contribution in [0.15, 0.2) is 109 Å². The summed E-state index contributed by atoms with van der Waals surface area (Å²) in [6, 6.07) is 32.2. The number of hydrogen-bond acceptors (Lipinski definition) is 5. The molecule has 1 N–H and O–H groups in total. The molecule has 0 radical (unpaired) electrons. The molecule has 0 unspecified atom stereocenters. The van der Waals surface area contributed by atoms with E-state index in [1.165, 1.54) is 0 Å². The minimum absolute atomic E-state index is 0.137. The van der Waals surface area contributed by atoms with E-state index in [0.717, 1.165) is 38.7 Å². The van der Waals surface area contributed by atoms with Gasteiger partial charge < -0.3 is 19.2 Å². The van der Waals surface area contributed by atoms with Gasteiger partial charge in [0.2, 0.25) is 0 Å². The van der Waals surface area contributed by atoms with E-state index in [2.05, 4.69) is 5.32 Å². The fourth-order valence-electron chi connectivity index (χ4n) is 6.61. The van der Waals surface area contributed by atoms with Gasteiger partial charge in [-0.25, -0.2) is 8.42 Å². The number of ether oxygens (including phenoxy) is 1. The maximum Gasteiger partial charge on any atom is 0.267 e. The monoisotopic (exact) mass is 769 g/mol. The van der Waals surface area contributed by atoms with E-state index < -0.39 is 27.1 Å².